The van der Waals surface area contributed by atoms with Crippen LogP contribution in [-0.2, 0) is 6.42 Å². The van der Waals surface area contributed by atoms with Crippen LogP contribution < -0.4 is 0 Å². The second-order valence-corrected chi connectivity index (χ2v) is 4.96. The number of hydrogen-bond donors (Lipinski definition) is 0. The van der Waals surface area contributed by atoms with E-state index < -0.39 is 0 Å². The van der Waals surface area contributed by atoms with E-state index in [2.05, 4.69) is 6.07 Å². The molecule has 1 unspecified atom stereocenters. The van der Waals surface area contributed by atoms with E-state index in [-0.39, 0.29) is 0 Å². The molecule has 0 radical (unpaired) electrons. The summed E-state index contributed by atoms with van der Waals surface area (Å²) in [6.45, 7) is 0. The molecule has 3 rings (SSSR count). The Morgan fingerprint density at radius 3 is 2.67 bits per heavy atom. The fourth-order valence-corrected chi connectivity index (χ4v) is 2.84. The second-order valence-electron chi connectivity index (χ2n) is 4.96. The van der Waals surface area contributed by atoms with Crippen LogP contribution in [0.4, 0.5) is 0 Å². The number of carbonyl (C=O) groups is 1. The number of ketones is 1. The van der Waals surface area contributed by atoms with Crippen molar-refractivity contribution >= 4 is 5.78 Å². The van der Waals surface area contributed by atoms with Crippen molar-refractivity contribution in [2.24, 2.45) is 11.8 Å². The van der Waals surface area contributed by atoms with Gasteiger partial charge in [-0.2, -0.15) is 0 Å². The summed E-state index contributed by atoms with van der Waals surface area (Å²) in [5, 5.41) is 0. The molecule has 0 spiro atoms. The van der Waals surface area contributed by atoms with Gasteiger partial charge in [0.25, 0.3) is 0 Å². The largest absolute Gasteiger partial charge is 0.294 e. The molecule has 0 heterocycles. The normalized spacial score (nSPS) is 25.1. The Kier molecular flexibility index (Phi) is 2.12. The van der Waals surface area contributed by atoms with E-state index in [1.54, 1.807) is 0 Å². The zero-order valence-corrected chi connectivity index (χ0v) is 8.91. The van der Waals surface area contributed by atoms with E-state index in [4.69, 9.17) is 0 Å². The third kappa shape index (κ3) is 1.50. The standard InChI is InChI=1S/C14H16O/c15-14-12(8-10-4-3-5-10)9-11-6-1-2-7-13(11)14/h1-2,6-7,10,12H,3-5,8-9H2. The van der Waals surface area contributed by atoms with Crippen molar-refractivity contribution in [3.8, 4) is 0 Å². The van der Waals surface area contributed by atoms with Crippen LogP contribution in [0.2, 0.25) is 0 Å². The summed E-state index contributed by atoms with van der Waals surface area (Å²) in [5.41, 5.74) is 2.26. The molecule has 0 aliphatic heterocycles. The van der Waals surface area contributed by atoms with Crippen molar-refractivity contribution in [3.63, 3.8) is 0 Å². The van der Waals surface area contributed by atoms with E-state index in [9.17, 15) is 4.79 Å². The third-order valence-corrected chi connectivity index (χ3v) is 3.96. The zero-order valence-electron chi connectivity index (χ0n) is 8.91. The van der Waals surface area contributed by atoms with Crippen LogP contribution in [0.5, 0.6) is 0 Å². The molecule has 0 N–H and O–H groups in total. The number of benzene rings is 1. The molecule has 1 fully saturated rings. The maximum Gasteiger partial charge on any atom is 0.166 e. The van der Waals surface area contributed by atoms with Crippen molar-refractivity contribution < 1.29 is 4.79 Å². The van der Waals surface area contributed by atoms with E-state index in [1.165, 1.54) is 24.8 Å². The monoisotopic (exact) mass is 200 g/mol. The van der Waals surface area contributed by atoms with E-state index in [0.717, 1.165) is 24.3 Å². The molecule has 0 amide bonds. The first kappa shape index (κ1) is 9.14. The molecule has 2 aliphatic rings. The highest BCUT2D eigenvalue weighted by Crippen LogP contribution is 2.37. The minimum Gasteiger partial charge on any atom is -0.294 e. The highest BCUT2D eigenvalue weighted by atomic mass is 16.1. The lowest BCUT2D eigenvalue weighted by Gasteiger charge is -2.27. The Labute approximate surface area is 90.5 Å². The highest BCUT2D eigenvalue weighted by molar-refractivity contribution is 6.02. The van der Waals surface area contributed by atoms with Gasteiger partial charge in [-0.3, -0.25) is 4.79 Å². The summed E-state index contributed by atoms with van der Waals surface area (Å²) in [5.74, 6) is 1.54. The van der Waals surface area contributed by atoms with Gasteiger partial charge < -0.3 is 0 Å². The quantitative estimate of drug-likeness (QED) is 0.716. The van der Waals surface area contributed by atoms with Crippen molar-refractivity contribution in [2.75, 3.05) is 0 Å². The molecule has 1 atom stereocenters. The summed E-state index contributed by atoms with van der Waals surface area (Å²) in [6, 6.07) is 8.10. The van der Waals surface area contributed by atoms with E-state index in [1.807, 2.05) is 18.2 Å². The molecular weight excluding hydrogens is 184 g/mol. The van der Waals surface area contributed by atoms with Crippen LogP contribution in [-0.4, -0.2) is 5.78 Å². The number of rotatable bonds is 2. The van der Waals surface area contributed by atoms with Crippen LogP contribution in [0.3, 0.4) is 0 Å². The Morgan fingerprint density at radius 2 is 2.00 bits per heavy atom. The first-order valence-electron chi connectivity index (χ1n) is 5.96. The van der Waals surface area contributed by atoms with Crippen molar-refractivity contribution in [1.82, 2.24) is 0 Å². The third-order valence-electron chi connectivity index (χ3n) is 3.96. The first-order chi connectivity index (χ1) is 7.34. The minimum absolute atomic E-state index is 0.299. The van der Waals surface area contributed by atoms with Crippen molar-refractivity contribution in [3.05, 3.63) is 35.4 Å². The molecule has 1 nitrogen and oxygen atoms in total. The van der Waals surface area contributed by atoms with Gasteiger partial charge in [0.2, 0.25) is 0 Å². The Hall–Kier alpha value is -1.11. The Morgan fingerprint density at radius 1 is 1.20 bits per heavy atom. The van der Waals surface area contributed by atoms with Gasteiger partial charge >= 0.3 is 0 Å². The molecule has 0 saturated heterocycles. The summed E-state index contributed by atoms with van der Waals surface area (Å²) < 4.78 is 0. The van der Waals surface area contributed by atoms with Gasteiger partial charge in [0.05, 0.1) is 0 Å². The maximum absolute atomic E-state index is 12.1. The second kappa shape index (κ2) is 3.48. The van der Waals surface area contributed by atoms with Crippen LogP contribution in [0.1, 0.15) is 41.6 Å². The zero-order chi connectivity index (χ0) is 10.3. The predicted octanol–water partition coefficient (Wildman–Crippen LogP) is 3.23. The van der Waals surface area contributed by atoms with Crippen molar-refractivity contribution in [1.29, 1.82) is 0 Å². The minimum atomic E-state index is 0.299. The SMILES string of the molecule is O=C1c2ccccc2CC1CC1CCC1. The number of carbonyl (C=O) groups excluding carboxylic acids is 1. The van der Waals surface area contributed by atoms with E-state index >= 15 is 0 Å². The van der Waals surface area contributed by atoms with Gasteiger partial charge in [0.15, 0.2) is 5.78 Å². The van der Waals surface area contributed by atoms with E-state index in [0.29, 0.717) is 11.7 Å². The average Bonchev–Trinajstić information content (AvgIpc) is 2.51. The molecule has 0 aromatic heterocycles. The lowest BCUT2D eigenvalue weighted by atomic mass is 9.78. The van der Waals surface area contributed by atoms with Gasteiger partial charge in [-0.15, -0.1) is 0 Å². The fraction of sp³-hybridized carbons (Fsp3) is 0.500. The molecular formula is C14H16O. The van der Waals surface area contributed by atoms with Crippen LogP contribution >= 0.6 is 0 Å². The molecule has 1 heteroatoms. The summed E-state index contributed by atoms with van der Waals surface area (Å²) in [7, 11) is 0. The van der Waals surface area contributed by atoms with Gasteiger partial charge in [0.1, 0.15) is 0 Å². The molecule has 78 valence electrons. The predicted molar refractivity (Wildman–Crippen MR) is 59.9 cm³/mol. The number of fused-ring (bicyclic) bond motifs is 1. The van der Waals surface area contributed by atoms with Crippen molar-refractivity contribution in [2.45, 2.75) is 32.1 Å². The Balaban J connectivity index is 1.77. The number of Topliss-reactive ketones (excluding diaryl/α,β-unsaturated/α-hetero) is 1. The van der Waals surface area contributed by atoms with Crippen LogP contribution in [0.25, 0.3) is 0 Å². The summed E-state index contributed by atoms with van der Waals surface area (Å²) in [4.78, 5) is 12.1. The topological polar surface area (TPSA) is 17.1 Å². The smallest absolute Gasteiger partial charge is 0.166 e. The number of hydrogen-bond acceptors (Lipinski definition) is 1. The molecule has 0 bridgehead atoms. The average molecular weight is 200 g/mol. The van der Waals surface area contributed by atoms with Crippen LogP contribution in [0, 0.1) is 11.8 Å². The van der Waals surface area contributed by atoms with Gasteiger partial charge in [0, 0.05) is 11.5 Å². The molecule has 2 aliphatic carbocycles. The fourth-order valence-electron chi connectivity index (χ4n) is 2.84. The molecule has 15 heavy (non-hydrogen) atoms. The summed E-state index contributed by atoms with van der Waals surface area (Å²) >= 11 is 0. The van der Waals surface area contributed by atoms with Gasteiger partial charge in [-0.1, -0.05) is 43.5 Å². The molecule has 1 aromatic rings. The Bertz CT molecular complexity index is 390. The lowest BCUT2D eigenvalue weighted by Crippen LogP contribution is -2.19. The van der Waals surface area contributed by atoms with Gasteiger partial charge in [-0.05, 0) is 24.3 Å². The first-order valence-corrected chi connectivity index (χ1v) is 5.96. The molecule has 1 aromatic carbocycles. The molecule has 1 saturated carbocycles. The highest BCUT2D eigenvalue weighted by Gasteiger charge is 2.33. The van der Waals surface area contributed by atoms with Gasteiger partial charge in [-0.25, -0.2) is 0 Å². The van der Waals surface area contributed by atoms with Crippen LogP contribution in [0.15, 0.2) is 24.3 Å². The maximum atomic E-state index is 12.1. The lowest BCUT2D eigenvalue weighted by molar-refractivity contribution is 0.0903. The summed E-state index contributed by atoms with van der Waals surface area (Å²) in [6.07, 6.45) is 6.19.